The molecule has 0 bridgehead atoms. The van der Waals surface area contributed by atoms with Gasteiger partial charge in [-0.1, -0.05) is 223 Å². The standard InChI is InChI=1S/C58H104O6/c1-4-7-10-13-16-19-22-24-26-28-29-30-32-33-36-39-42-45-48-51-57(60)63-54-55(53-62-56(59)50-47-44-41-38-35-21-18-15-12-9-6-3)64-58(61)52-49-46-43-40-37-34-31-27-25-23-20-17-14-11-8-5-2/h15,18,21,27-29,31,35,55H,4-14,16-17,19-20,22-26,30,32-34,36-54H2,1-3H3/b18-15-,29-28-,31-27-,35-21-. The van der Waals surface area contributed by atoms with E-state index in [4.69, 9.17) is 14.2 Å². The van der Waals surface area contributed by atoms with Crippen LogP contribution in [0.2, 0.25) is 0 Å². The Kier molecular flexibility index (Phi) is 50.8. The molecule has 0 rings (SSSR count). The molecule has 0 amide bonds. The molecule has 0 saturated carbocycles. The molecule has 0 spiro atoms. The van der Waals surface area contributed by atoms with Gasteiger partial charge in [-0.15, -0.1) is 0 Å². The van der Waals surface area contributed by atoms with E-state index in [0.717, 1.165) is 83.5 Å². The van der Waals surface area contributed by atoms with Crippen molar-refractivity contribution in [2.24, 2.45) is 0 Å². The second-order valence-electron chi connectivity index (χ2n) is 18.5. The molecule has 0 aliphatic rings. The molecule has 64 heavy (non-hydrogen) atoms. The number of carbonyl (C=O) groups excluding carboxylic acids is 3. The van der Waals surface area contributed by atoms with E-state index in [1.54, 1.807) is 0 Å². The molecule has 6 nitrogen and oxygen atoms in total. The fourth-order valence-corrected chi connectivity index (χ4v) is 7.82. The summed E-state index contributed by atoms with van der Waals surface area (Å²) in [6.07, 6.45) is 63.9. The summed E-state index contributed by atoms with van der Waals surface area (Å²) in [4.78, 5) is 38.0. The van der Waals surface area contributed by atoms with Crippen LogP contribution in [0.15, 0.2) is 48.6 Å². The van der Waals surface area contributed by atoms with Crippen molar-refractivity contribution in [3.8, 4) is 0 Å². The second-order valence-corrected chi connectivity index (χ2v) is 18.5. The lowest BCUT2D eigenvalue weighted by molar-refractivity contribution is -0.167. The van der Waals surface area contributed by atoms with E-state index in [0.29, 0.717) is 19.3 Å². The zero-order chi connectivity index (χ0) is 46.5. The van der Waals surface area contributed by atoms with Crippen molar-refractivity contribution in [2.45, 2.75) is 290 Å². The Hall–Kier alpha value is -2.63. The number of unbranched alkanes of at least 4 members (excludes halogenated alkanes) is 32. The second kappa shape index (κ2) is 53.0. The molecule has 0 heterocycles. The quantitative estimate of drug-likeness (QED) is 0.0199. The van der Waals surface area contributed by atoms with Gasteiger partial charge in [-0.3, -0.25) is 14.4 Å². The molecule has 0 aliphatic heterocycles. The Morgan fingerprint density at radius 1 is 0.312 bits per heavy atom. The van der Waals surface area contributed by atoms with Crippen molar-refractivity contribution in [2.75, 3.05) is 13.2 Å². The van der Waals surface area contributed by atoms with Crippen LogP contribution in [0.3, 0.4) is 0 Å². The zero-order valence-electron chi connectivity index (χ0n) is 42.6. The highest BCUT2D eigenvalue weighted by Gasteiger charge is 2.19. The fraction of sp³-hybridized carbons (Fsp3) is 0.810. The van der Waals surface area contributed by atoms with Gasteiger partial charge in [0, 0.05) is 19.3 Å². The predicted molar refractivity (Wildman–Crippen MR) is 275 cm³/mol. The molecule has 0 aromatic carbocycles. The van der Waals surface area contributed by atoms with Crippen LogP contribution in [0.4, 0.5) is 0 Å². The number of ether oxygens (including phenoxy) is 3. The highest BCUT2D eigenvalue weighted by molar-refractivity contribution is 5.71. The lowest BCUT2D eigenvalue weighted by atomic mass is 10.1. The van der Waals surface area contributed by atoms with E-state index in [-0.39, 0.29) is 31.1 Å². The van der Waals surface area contributed by atoms with Crippen molar-refractivity contribution in [3.63, 3.8) is 0 Å². The van der Waals surface area contributed by atoms with E-state index >= 15 is 0 Å². The van der Waals surface area contributed by atoms with Gasteiger partial charge in [-0.2, -0.15) is 0 Å². The minimum absolute atomic E-state index is 0.0862. The summed E-state index contributed by atoms with van der Waals surface area (Å²) in [6.45, 7) is 6.57. The Balaban J connectivity index is 4.35. The molecular formula is C58H104O6. The Morgan fingerprint density at radius 2 is 0.578 bits per heavy atom. The Bertz CT molecular complexity index is 1120. The van der Waals surface area contributed by atoms with Gasteiger partial charge >= 0.3 is 17.9 Å². The van der Waals surface area contributed by atoms with Crippen LogP contribution in [0.25, 0.3) is 0 Å². The van der Waals surface area contributed by atoms with Crippen molar-refractivity contribution in [3.05, 3.63) is 48.6 Å². The Morgan fingerprint density at radius 3 is 0.938 bits per heavy atom. The molecule has 0 aliphatic carbocycles. The average Bonchev–Trinajstić information content (AvgIpc) is 3.29. The van der Waals surface area contributed by atoms with Crippen LogP contribution >= 0.6 is 0 Å². The first-order valence-electron chi connectivity index (χ1n) is 27.7. The van der Waals surface area contributed by atoms with Gasteiger partial charge in [0.25, 0.3) is 0 Å². The third kappa shape index (κ3) is 50.4. The van der Waals surface area contributed by atoms with Crippen LogP contribution in [0.1, 0.15) is 284 Å². The van der Waals surface area contributed by atoms with E-state index in [1.807, 2.05) is 0 Å². The van der Waals surface area contributed by atoms with Gasteiger partial charge in [0.1, 0.15) is 13.2 Å². The van der Waals surface area contributed by atoms with Crippen molar-refractivity contribution in [1.82, 2.24) is 0 Å². The van der Waals surface area contributed by atoms with Crippen molar-refractivity contribution in [1.29, 1.82) is 0 Å². The summed E-state index contributed by atoms with van der Waals surface area (Å²) in [5, 5.41) is 0. The topological polar surface area (TPSA) is 78.9 Å². The molecule has 0 saturated heterocycles. The molecule has 6 heteroatoms. The number of hydrogen-bond donors (Lipinski definition) is 0. The number of hydrogen-bond acceptors (Lipinski definition) is 6. The number of rotatable bonds is 50. The lowest BCUT2D eigenvalue weighted by Crippen LogP contribution is -2.30. The van der Waals surface area contributed by atoms with Crippen LogP contribution in [-0.2, 0) is 28.6 Å². The third-order valence-corrected chi connectivity index (χ3v) is 12.1. The molecule has 0 aromatic rings. The largest absolute Gasteiger partial charge is 0.462 e. The SMILES string of the molecule is CCCC/C=C\C=C/CCCCCC(=O)OCC(COC(=O)CCCCCCCCC/C=C\CCCCCCCCCC)OC(=O)CCCCCCC/C=C\CCCCCCCCC. The summed E-state index contributed by atoms with van der Waals surface area (Å²) < 4.78 is 16.8. The summed E-state index contributed by atoms with van der Waals surface area (Å²) in [5.74, 6) is -0.919. The van der Waals surface area contributed by atoms with Gasteiger partial charge in [0.15, 0.2) is 6.10 Å². The van der Waals surface area contributed by atoms with Crippen LogP contribution in [0.5, 0.6) is 0 Å². The maximum absolute atomic E-state index is 12.8. The predicted octanol–water partition coefficient (Wildman–Crippen LogP) is 18.3. The summed E-state index contributed by atoms with van der Waals surface area (Å²) in [6, 6.07) is 0. The van der Waals surface area contributed by atoms with Crippen LogP contribution in [-0.4, -0.2) is 37.2 Å². The highest BCUT2D eigenvalue weighted by Crippen LogP contribution is 2.15. The third-order valence-electron chi connectivity index (χ3n) is 12.1. The van der Waals surface area contributed by atoms with Crippen LogP contribution in [0, 0.1) is 0 Å². The highest BCUT2D eigenvalue weighted by atomic mass is 16.6. The van der Waals surface area contributed by atoms with E-state index < -0.39 is 6.10 Å². The first-order chi connectivity index (χ1) is 31.5. The number of allylic oxidation sites excluding steroid dienone is 8. The molecule has 0 fully saturated rings. The molecule has 372 valence electrons. The molecule has 0 aromatic heterocycles. The van der Waals surface area contributed by atoms with Crippen molar-refractivity contribution < 1.29 is 28.6 Å². The van der Waals surface area contributed by atoms with Gasteiger partial charge in [0.2, 0.25) is 0 Å². The van der Waals surface area contributed by atoms with Gasteiger partial charge in [-0.25, -0.2) is 0 Å². The molecule has 0 N–H and O–H groups in total. The van der Waals surface area contributed by atoms with E-state index in [1.165, 1.54) is 161 Å². The molecule has 0 radical (unpaired) electrons. The van der Waals surface area contributed by atoms with Gasteiger partial charge < -0.3 is 14.2 Å². The summed E-state index contributed by atoms with van der Waals surface area (Å²) in [7, 11) is 0. The lowest BCUT2D eigenvalue weighted by Gasteiger charge is -2.18. The van der Waals surface area contributed by atoms with Crippen molar-refractivity contribution >= 4 is 17.9 Å². The Labute approximate surface area is 397 Å². The van der Waals surface area contributed by atoms with Crippen LogP contribution < -0.4 is 0 Å². The number of esters is 3. The maximum Gasteiger partial charge on any atom is 0.306 e. The zero-order valence-corrected chi connectivity index (χ0v) is 42.6. The van der Waals surface area contributed by atoms with Gasteiger partial charge in [-0.05, 0) is 89.9 Å². The minimum atomic E-state index is -0.788. The normalized spacial score (nSPS) is 12.4. The summed E-state index contributed by atoms with van der Waals surface area (Å²) >= 11 is 0. The monoisotopic (exact) mass is 897 g/mol. The molecule has 1 unspecified atom stereocenters. The first-order valence-corrected chi connectivity index (χ1v) is 27.7. The number of carbonyl (C=O) groups is 3. The maximum atomic E-state index is 12.8. The molecule has 1 atom stereocenters. The molecular weight excluding hydrogens is 793 g/mol. The van der Waals surface area contributed by atoms with E-state index in [2.05, 4.69) is 69.4 Å². The van der Waals surface area contributed by atoms with Gasteiger partial charge in [0.05, 0.1) is 0 Å². The smallest absolute Gasteiger partial charge is 0.306 e. The minimum Gasteiger partial charge on any atom is -0.462 e. The van der Waals surface area contributed by atoms with E-state index in [9.17, 15) is 14.4 Å². The average molecular weight is 897 g/mol. The fourth-order valence-electron chi connectivity index (χ4n) is 7.82. The summed E-state index contributed by atoms with van der Waals surface area (Å²) in [5.41, 5.74) is 0. The first kappa shape index (κ1) is 61.4.